The third-order valence-electron chi connectivity index (χ3n) is 2.74. The Morgan fingerprint density at radius 1 is 0.542 bits per heavy atom. The summed E-state index contributed by atoms with van der Waals surface area (Å²) in [4.78, 5) is 0. The van der Waals surface area contributed by atoms with Crippen LogP contribution in [-0.2, 0) is 0 Å². The van der Waals surface area contributed by atoms with E-state index < -0.39 is 0 Å². The van der Waals surface area contributed by atoms with Crippen LogP contribution in [0.2, 0.25) is 0 Å². The number of allylic oxidation sites excluding steroid dienone is 7. The molecule has 0 fully saturated rings. The van der Waals surface area contributed by atoms with E-state index in [0.29, 0.717) is 0 Å². The highest BCUT2D eigenvalue weighted by molar-refractivity contribution is 4.96. The monoisotopic (exact) mass is 340 g/mol. The fourth-order valence-corrected chi connectivity index (χ4v) is 1.40. The van der Waals surface area contributed by atoms with Crippen molar-refractivity contribution >= 4 is 0 Å². The summed E-state index contributed by atoms with van der Waals surface area (Å²) in [5.74, 6) is 0. The maximum Gasteiger partial charge on any atom is 0 e. The van der Waals surface area contributed by atoms with Gasteiger partial charge < -0.3 is 0 Å². The smallest absolute Gasteiger partial charge is 0 e. The maximum absolute atomic E-state index is 3.51. The van der Waals surface area contributed by atoms with Crippen LogP contribution < -0.4 is 0 Å². The van der Waals surface area contributed by atoms with Crippen LogP contribution in [0.15, 0.2) is 49.1 Å². The second-order valence-corrected chi connectivity index (χ2v) is 5.36. The van der Waals surface area contributed by atoms with Gasteiger partial charge in [0.15, 0.2) is 0 Å². The summed E-state index contributed by atoms with van der Waals surface area (Å²) in [5.41, 5.74) is 0. The molecule has 0 N–H and O–H groups in total. The van der Waals surface area contributed by atoms with E-state index in [0.717, 1.165) is 6.42 Å². The molecule has 0 heterocycles. The molecule has 0 aromatic rings. The quantitative estimate of drug-likeness (QED) is 0.222. The number of rotatable bonds is 9. The second-order valence-electron chi connectivity index (χ2n) is 5.36. The van der Waals surface area contributed by atoms with Crippen molar-refractivity contribution in [2.75, 3.05) is 0 Å². The lowest BCUT2D eigenvalue weighted by Crippen LogP contribution is -1.66. The lowest BCUT2D eigenvalue weighted by molar-refractivity contribution is 0.702. The average molecular weight is 341 g/mol. The average Bonchev–Trinajstić information content (AvgIpc) is 2.62. The summed E-state index contributed by atoms with van der Waals surface area (Å²) < 4.78 is 0. The van der Waals surface area contributed by atoms with Crippen molar-refractivity contribution in [3.05, 3.63) is 49.1 Å². The standard InChI is InChI=1S/C6H14.2C6H12.C6H10.2H2/c4*1-3-5-6-4-2;;/h3-6H2,1-2H3;2*5-6H,3-4H2,1-2H3;3,5-6H,1,4H2,2H3;2*1H. The maximum atomic E-state index is 3.51. The molecule has 0 saturated heterocycles. The molecule has 0 aromatic heterocycles. The van der Waals surface area contributed by atoms with Crippen molar-refractivity contribution in [1.29, 1.82) is 0 Å². The van der Waals surface area contributed by atoms with Gasteiger partial charge in [0.05, 0.1) is 0 Å². The zero-order chi connectivity index (χ0) is 19.3. The molecule has 0 saturated carbocycles. The molecule has 0 aliphatic carbocycles. The third-order valence-corrected chi connectivity index (χ3v) is 2.74. The summed E-state index contributed by atoms with van der Waals surface area (Å²) in [5, 5.41) is 0. The van der Waals surface area contributed by atoms with Crippen LogP contribution in [0.5, 0.6) is 0 Å². The van der Waals surface area contributed by atoms with Gasteiger partial charge in [-0.2, -0.15) is 0 Å². The Morgan fingerprint density at radius 3 is 0.958 bits per heavy atom. The van der Waals surface area contributed by atoms with Crippen LogP contribution in [0.1, 0.15) is 109 Å². The van der Waals surface area contributed by atoms with Gasteiger partial charge in [0, 0.05) is 2.85 Å². The minimum absolute atomic E-state index is 0. The van der Waals surface area contributed by atoms with E-state index in [4.69, 9.17) is 0 Å². The third kappa shape index (κ3) is 69.5. The first-order valence-corrected chi connectivity index (χ1v) is 10.2. The van der Waals surface area contributed by atoms with Gasteiger partial charge in [0.25, 0.3) is 0 Å². The lowest BCUT2D eigenvalue weighted by Gasteiger charge is -1.86. The Labute approximate surface area is 158 Å². The molecule has 0 heteroatoms. The van der Waals surface area contributed by atoms with Crippen LogP contribution in [0.4, 0.5) is 0 Å². The first-order chi connectivity index (χ1) is 11.7. The van der Waals surface area contributed by atoms with Crippen LogP contribution in [-0.4, -0.2) is 0 Å². The van der Waals surface area contributed by atoms with Crippen molar-refractivity contribution in [2.45, 2.75) is 106 Å². The van der Waals surface area contributed by atoms with Gasteiger partial charge >= 0.3 is 0 Å². The molecule has 0 radical (unpaired) electrons. The van der Waals surface area contributed by atoms with Crippen LogP contribution >= 0.6 is 0 Å². The van der Waals surface area contributed by atoms with Crippen LogP contribution in [0, 0.1) is 0 Å². The largest absolute Gasteiger partial charge is 0.0991 e. The molecule has 24 heavy (non-hydrogen) atoms. The molecule has 0 bridgehead atoms. The molecule has 0 atom stereocenters. The van der Waals surface area contributed by atoms with Crippen molar-refractivity contribution in [3.63, 3.8) is 0 Å². The van der Waals surface area contributed by atoms with E-state index in [1.54, 1.807) is 6.08 Å². The first-order valence-electron chi connectivity index (χ1n) is 10.2. The first kappa shape index (κ1) is 30.8. The van der Waals surface area contributed by atoms with E-state index in [-0.39, 0.29) is 2.85 Å². The molecule has 0 nitrogen and oxygen atoms in total. The molecule has 0 aliphatic rings. The Kier molecular flexibility index (Phi) is 55.3. The van der Waals surface area contributed by atoms with E-state index in [1.165, 1.54) is 51.4 Å². The molecular weight excluding hydrogens is 288 g/mol. The fourth-order valence-electron chi connectivity index (χ4n) is 1.40. The molecule has 0 aromatic carbocycles. The molecule has 0 amide bonds. The molecule has 0 rings (SSSR count). The van der Waals surface area contributed by atoms with Gasteiger partial charge in [-0.15, -0.1) is 0 Å². The molecular formula is C24H52. The van der Waals surface area contributed by atoms with E-state index in [2.05, 4.69) is 85.4 Å². The van der Waals surface area contributed by atoms with Gasteiger partial charge in [-0.1, -0.05) is 123 Å². The number of hydrogen-bond donors (Lipinski definition) is 0. The van der Waals surface area contributed by atoms with E-state index in [9.17, 15) is 0 Å². The normalized spacial score (nSPS) is 9.79. The summed E-state index contributed by atoms with van der Waals surface area (Å²) in [6, 6.07) is 0. The van der Waals surface area contributed by atoms with Crippen molar-refractivity contribution in [3.8, 4) is 0 Å². The van der Waals surface area contributed by atoms with Crippen molar-refractivity contribution < 1.29 is 2.85 Å². The Morgan fingerprint density at radius 2 is 0.833 bits per heavy atom. The highest BCUT2D eigenvalue weighted by Gasteiger charge is 1.75. The van der Waals surface area contributed by atoms with Gasteiger partial charge in [-0.25, -0.2) is 0 Å². The Hall–Kier alpha value is -1.04. The minimum atomic E-state index is 0. The second kappa shape index (κ2) is 43.1. The zero-order valence-electron chi connectivity index (χ0n) is 18.1. The fraction of sp³-hybridized carbons (Fsp3) is 0.667. The summed E-state index contributed by atoms with van der Waals surface area (Å²) in [6.45, 7) is 18.7. The summed E-state index contributed by atoms with van der Waals surface area (Å²) in [7, 11) is 0. The van der Waals surface area contributed by atoms with Crippen molar-refractivity contribution in [2.24, 2.45) is 0 Å². The minimum Gasteiger partial charge on any atom is -0.0991 e. The molecule has 148 valence electrons. The predicted molar refractivity (Wildman–Crippen MR) is 123 cm³/mol. The Bertz CT molecular complexity index is 223. The SMILES string of the molecule is C=CC=CCC.CCC=CCC.CCC=CCC.CCCCCC.[HH].[HH]. The van der Waals surface area contributed by atoms with Gasteiger partial charge in [-0.3, -0.25) is 0 Å². The van der Waals surface area contributed by atoms with Crippen molar-refractivity contribution in [1.82, 2.24) is 0 Å². The van der Waals surface area contributed by atoms with Gasteiger partial charge in [0.2, 0.25) is 0 Å². The highest BCUT2D eigenvalue weighted by atomic mass is 13.8. The topological polar surface area (TPSA) is 0 Å². The predicted octanol–water partition coefficient (Wildman–Crippen LogP) is 9.94. The number of unbranched alkanes of at least 4 members (excludes halogenated alkanes) is 3. The van der Waals surface area contributed by atoms with Crippen LogP contribution in [0.3, 0.4) is 0 Å². The van der Waals surface area contributed by atoms with E-state index >= 15 is 0 Å². The molecule has 0 aliphatic heterocycles. The highest BCUT2D eigenvalue weighted by Crippen LogP contribution is 1.95. The summed E-state index contributed by atoms with van der Waals surface area (Å²) in [6.07, 6.45) is 25.8. The van der Waals surface area contributed by atoms with E-state index in [1.807, 2.05) is 6.08 Å². The Balaban J connectivity index is -0.0000000500. The zero-order valence-corrected chi connectivity index (χ0v) is 18.1. The lowest BCUT2D eigenvalue weighted by atomic mass is 10.2. The number of hydrogen-bond acceptors (Lipinski definition) is 0. The van der Waals surface area contributed by atoms with Gasteiger partial charge in [0.1, 0.15) is 0 Å². The summed E-state index contributed by atoms with van der Waals surface area (Å²) >= 11 is 0. The van der Waals surface area contributed by atoms with Crippen LogP contribution in [0.25, 0.3) is 0 Å². The van der Waals surface area contributed by atoms with Gasteiger partial charge in [-0.05, 0) is 32.1 Å². The molecule has 0 unspecified atom stereocenters. The molecule has 0 spiro atoms.